The Hall–Kier alpha value is -1.26. The van der Waals surface area contributed by atoms with Gasteiger partial charge in [0.1, 0.15) is 5.52 Å². The molecule has 1 aromatic carbocycles. The van der Waals surface area contributed by atoms with E-state index in [1.54, 1.807) is 6.07 Å². The Morgan fingerprint density at radius 3 is 2.60 bits per heavy atom. The molecule has 0 aliphatic heterocycles. The minimum atomic E-state index is 0. The summed E-state index contributed by atoms with van der Waals surface area (Å²) >= 11 is 12.1. The summed E-state index contributed by atoms with van der Waals surface area (Å²) in [7, 11) is 0. The van der Waals surface area contributed by atoms with Crippen LogP contribution in [0.4, 0.5) is 0 Å². The first-order valence-electron chi connectivity index (χ1n) is 5.64. The molecule has 3 nitrogen and oxygen atoms in total. The van der Waals surface area contributed by atoms with Crippen LogP contribution in [0.5, 0.6) is 0 Å². The smallest absolute Gasteiger partial charge is 0.199 e. The maximum Gasteiger partial charge on any atom is 0.199 e. The van der Waals surface area contributed by atoms with Crippen molar-refractivity contribution in [1.82, 2.24) is 4.52 Å². The third-order valence-electron chi connectivity index (χ3n) is 2.91. The van der Waals surface area contributed by atoms with E-state index in [4.69, 9.17) is 23.2 Å². The van der Waals surface area contributed by atoms with Gasteiger partial charge in [-0.2, -0.15) is 0 Å². The van der Waals surface area contributed by atoms with Gasteiger partial charge in [-0.25, -0.2) is 0 Å². The van der Waals surface area contributed by atoms with Crippen LogP contribution in [0, 0.1) is 0 Å². The second-order valence-corrected chi connectivity index (χ2v) is 4.96. The van der Waals surface area contributed by atoms with Crippen molar-refractivity contribution in [3.05, 3.63) is 70.5 Å². The average Bonchev–Trinajstić information content (AvgIpc) is 2.76. The molecule has 2 heterocycles. The van der Waals surface area contributed by atoms with E-state index in [9.17, 15) is 0 Å². The van der Waals surface area contributed by atoms with Crippen LogP contribution in [-0.2, 0) is 6.54 Å². The van der Waals surface area contributed by atoms with Gasteiger partial charge in [0.15, 0.2) is 12.7 Å². The van der Waals surface area contributed by atoms with Crippen LogP contribution in [0.2, 0.25) is 10.0 Å². The minimum Gasteiger partial charge on any atom is -1.00 e. The van der Waals surface area contributed by atoms with Crippen molar-refractivity contribution in [2.75, 3.05) is 0 Å². The number of pyridine rings is 1. The van der Waals surface area contributed by atoms with Gasteiger partial charge in [0.25, 0.3) is 0 Å². The maximum atomic E-state index is 6.19. The summed E-state index contributed by atoms with van der Waals surface area (Å²) in [6.07, 6.45) is 4.07. The molecule has 0 saturated heterocycles. The summed E-state index contributed by atoms with van der Waals surface area (Å²) in [6.45, 7) is 0.716. The fourth-order valence-corrected chi connectivity index (χ4v) is 2.47. The molecule has 0 spiro atoms. The lowest BCUT2D eigenvalue weighted by molar-refractivity contribution is -0.752. The van der Waals surface area contributed by atoms with E-state index in [0.717, 1.165) is 11.1 Å². The third-order valence-corrected chi connectivity index (χ3v) is 3.50. The Bertz CT molecular complexity index is 712. The predicted molar refractivity (Wildman–Crippen MR) is 76.8 cm³/mol. The molecule has 3 aromatic rings. The van der Waals surface area contributed by atoms with Crippen LogP contribution >= 0.6 is 23.2 Å². The molecule has 106 valence electrons. The molecule has 0 unspecified atom stereocenters. The number of benzene rings is 1. The van der Waals surface area contributed by atoms with Crippen LogP contribution in [0.25, 0.3) is 5.52 Å². The van der Waals surface area contributed by atoms with E-state index in [1.165, 1.54) is 0 Å². The summed E-state index contributed by atoms with van der Waals surface area (Å²) in [5.74, 6) is 0. The maximum absolute atomic E-state index is 6.19. The number of halogens is 3. The lowest BCUT2D eigenvalue weighted by Crippen LogP contribution is -3.00. The van der Waals surface area contributed by atoms with Crippen molar-refractivity contribution in [2.45, 2.75) is 6.54 Å². The van der Waals surface area contributed by atoms with Crippen molar-refractivity contribution >= 4 is 28.7 Å². The van der Waals surface area contributed by atoms with E-state index < -0.39 is 0 Å². The summed E-state index contributed by atoms with van der Waals surface area (Å²) in [5, 5.41) is 1.36. The number of nitrogens with zero attached hydrogens (tertiary/aromatic N) is 2. The molecule has 6 heteroatoms. The molecule has 0 amide bonds. The zero-order valence-electron chi connectivity index (χ0n) is 10.4. The van der Waals surface area contributed by atoms with E-state index in [1.807, 2.05) is 36.7 Å². The Balaban J connectivity index is 0.000001000. The van der Waals surface area contributed by atoms with Gasteiger partial charge in [0, 0.05) is 16.7 Å². The summed E-state index contributed by atoms with van der Waals surface area (Å²) in [6, 6.07) is 13.8. The molecule has 0 aliphatic rings. The topological polar surface area (TPSA) is 39.8 Å². The van der Waals surface area contributed by atoms with Crippen molar-refractivity contribution in [2.24, 2.45) is 0 Å². The second kappa shape index (κ2) is 6.95. The largest absolute Gasteiger partial charge is 1.00 e. The van der Waals surface area contributed by atoms with Gasteiger partial charge in [-0.05, 0) is 30.3 Å². The zero-order valence-corrected chi connectivity index (χ0v) is 12.7. The zero-order chi connectivity index (χ0) is 12.5. The van der Waals surface area contributed by atoms with Crippen LogP contribution in [0.3, 0.4) is 0 Å². The van der Waals surface area contributed by atoms with E-state index in [0.29, 0.717) is 16.6 Å². The second-order valence-electron chi connectivity index (χ2n) is 4.12. The first-order valence-corrected chi connectivity index (χ1v) is 6.39. The highest BCUT2D eigenvalue weighted by molar-refractivity contribution is 6.35. The van der Waals surface area contributed by atoms with Crippen molar-refractivity contribution in [3.8, 4) is 0 Å². The van der Waals surface area contributed by atoms with Gasteiger partial charge in [0.05, 0.1) is 11.2 Å². The molecule has 2 aromatic heterocycles. The summed E-state index contributed by atoms with van der Waals surface area (Å²) in [4.78, 5) is 0. The van der Waals surface area contributed by atoms with Crippen LogP contribution in [0.1, 0.15) is 5.56 Å². The SMILES string of the molecule is Clc1ccc(C[n+]2ccc3ccccn32)c(Cl)c1.O.[Cl-]. The van der Waals surface area contributed by atoms with Gasteiger partial charge in [-0.15, -0.1) is 9.20 Å². The highest BCUT2D eigenvalue weighted by Gasteiger charge is 2.11. The lowest BCUT2D eigenvalue weighted by atomic mass is 10.2. The minimum absolute atomic E-state index is 0. The quantitative estimate of drug-likeness (QED) is 0.582. The first-order chi connectivity index (χ1) is 8.74. The molecule has 2 N–H and O–H groups in total. The van der Waals surface area contributed by atoms with Crippen LogP contribution in [0.15, 0.2) is 54.9 Å². The van der Waals surface area contributed by atoms with Crippen LogP contribution < -0.4 is 17.1 Å². The number of hydrogen-bond acceptors (Lipinski definition) is 0. The van der Waals surface area contributed by atoms with E-state index in [2.05, 4.69) is 21.3 Å². The van der Waals surface area contributed by atoms with Gasteiger partial charge in [-0.3, -0.25) is 0 Å². The van der Waals surface area contributed by atoms with Gasteiger partial charge in [0.2, 0.25) is 0 Å². The number of fused-ring (bicyclic) bond motifs is 1. The lowest BCUT2D eigenvalue weighted by Gasteiger charge is -2.01. The molecule has 0 bridgehead atoms. The normalized spacial score (nSPS) is 9.90. The molecule has 3 rings (SSSR count). The molecule has 20 heavy (non-hydrogen) atoms. The van der Waals surface area contributed by atoms with Gasteiger partial charge in [-0.1, -0.05) is 29.3 Å². The highest BCUT2D eigenvalue weighted by atomic mass is 35.5. The van der Waals surface area contributed by atoms with E-state index in [-0.39, 0.29) is 17.9 Å². The van der Waals surface area contributed by atoms with Crippen molar-refractivity contribution in [1.29, 1.82) is 0 Å². The monoisotopic (exact) mass is 330 g/mol. The van der Waals surface area contributed by atoms with Crippen molar-refractivity contribution < 1.29 is 22.6 Å². The fourth-order valence-electron chi connectivity index (χ4n) is 2.00. The van der Waals surface area contributed by atoms with E-state index >= 15 is 0 Å². The molecule has 0 atom stereocenters. The molecule has 0 fully saturated rings. The third kappa shape index (κ3) is 3.25. The first kappa shape index (κ1) is 16.8. The molecule has 0 aliphatic carbocycles. The highest BCUT2D eigenvalue weighted by Crippen LogP contribution is 2.20. The predicted octanol–water partition coefficient (Wildman–Crippen LogP) is -0.239. The summed E-state index contributed by atoms with van der Waals surface area (Å²) < 4.78 is 4.19. The molecular weight excluding hydrogens is 319 g/mol. The van der Waals surface area contributed by atoms with Gasteiger partial charge < -0.3 is 17.9 Å². The molecular formula is C14H13Cl3N2O. The average molecular weight is 332 g/mol. The Kier molecular flexibility index (Phi) is 5.84. The summed E-state index contributed by atoms with van der Waals surface area (Å²) in [5.41, 5.74) is 2.21. The molecule has 0 radical (unpaired) electrons. The fraction of sp³-hybridized carbons (Fsp3) is 0.0714. The molecule has 0 saturated carbocycles. The Morgan fingerprint density at radius 1 is 1.05 bits per heavy atom. The Labute approximate surface area is 133 Å². The van der Waals surface area contributed by atoms with Gasteiger partial charge >= 0.3 is 0 Å². The van der Waals surface area contributed by atoms with Crippen molar-refractivity contribution in [3.63, 3.8) is 0 Å². The number of rotatable bonds is 2. The number of hydrogen-bond donors (Lipinski definition) is 0. The number of aromatic nitrogens is 2. The van der Waals surface area contributed by atoms with Crippen LogP contribution in [-0.4, -0.2) is 9.99 Å². The standard InChI is InChI=1S/C14H11Cl2N2.ClH.H2O/c15-12-5-4-11(14(16)9-12)10-17-8-6-13-3-1-2-7-18(13)17;;/h1-9H,10H2;1H;1H2/q+1;;/p-1. The Morgan fingerprint density at radius 2 is 1.85 bits per heavy atom.